The molecule has 25 heavy (non-hydrogen) atoms. The summed E-state index contributed by atoms with van der Waals surface area (Å²) in [7, 11) is 0. The largest absolute Gasteiger partial charge is 0.458 e. The number of aromatic nitrogens is 1. The zero-order valence-electron chi connectivity index (χ0n) is 15.2. The minimum absolute atomic E-state index is 0.0274. The van der Waals surface area contributed by atoms with Gasteiger partial charge in [0.1, 0.15) is 22.4 Å². The maximum Gasteiger partial charge on any atom is 0.332 e. The summed E-state index contributed by atoms with van der Waals surface area (Å²) in [5, 5.41) is 3.52. The Morgan fingerprint density at radius 3 is 2.56 bits per heavy atom. The minimum Gasteiger partial charge on any atom is -0.458 e. The van der Waals surface area contributed by atoms with E-state index in [-0.39, 0.29) is 12.6 Å². The van der Waals surface area contributed by atoms with Crippen LogP contribution in [0.3, 0.4) is 0 Å². The van der Waals surface area contributed by atoms with Crippen molar-refractivity contribution in [2.75, 3.05) is 19.7 Å². The summed E-state index contributed by atoms with van der Waals surface area (Å²) in [4.78, 5) is 16.7. The van der Waals surface area contributed by atoms with E-state index >= 15 is 0 Å². The van der Waals surface area contributed by atoms with Crippen molar-refractivity contribution in [1.82, 2.24) is 10.3 Å². The van der Waals surface area contributed by atoms with E-state index in [0.717, 1.165) is 36.1 Å². The van der Waals surface area contributed by atoms with Crippen LogP contribution in [0.15, 0.2) is 22.9 Å². The van der Waals surface area contributed by atoms with E-state index in [4.69, 9.17) is 9.47 Å². The van der Waals surface area contributed by atoms with Gasteiger partial charge >= 0.3 is 5.97 Å². The molecule has 2 unspecified atom stereocenters. The van der Waals surface area contributed by atoms with Gasteiger partial charge in [-0.05, 0) is 55.6 Å². The predicted molar refractivity (Wildman–Crippen MR) is 99.1 cm³/mol. The molecule has 5 nitrogen and oxygen atoms in total. The second kappa shape index (κ2) is 7.33. The molecule has 6 heteroatoms. The zero-order chi connectivity index (χ0) is 18.1. The lowest BCUT2D eigenvalue weighted by Crippen LogP contribution is -2.58. The van der Waals surface area contributed by atoms with E-state index in [0.29, 0.717) is 11.8 Å². The molecule has 1 aliphatic carbocycles. The Hall–Kier alpha value is -0.980. The van der Waals surface area contributed by atoms with Gasteiger partial charge in [0.05, 0.1) is 0 Å². The molecule has 0 radical (unpaired) electrons. The van der Waals surface area contributed by atoms with Gasteiger partial charge in [-0.25, -0.2) is 9.78 Å². The lowest BCUT2D eigenvalue weighted by molar-refractivity contribution is -0.191. The van der Waals surface area contributed by atoms with Gasteiger partial charge in [-0.3, -0.25) is 0 Å². The lowest BCUT2D eigenvalue weighted by Gasteiger charge is -2.52. The molecule has 138 valence electrons. The second-order valence-corrected chi connectivity index (χ2v) is 8.83. The van der Waals surface area contributed by atoms with Crippen LogP contribution in [0, 0.1) is 11.8 Å². The second-order valence-electron chi connectivity index (χ2n) is 8.02. The third kappa shape index (κ3) is 4.07. The summed E-state index contributed by atoms with van der Waals surface area (Å²) in [6, 6.07) is 4.02. The standard InChI is InChI=1S/C19H27BrN2O3/c1-18(2,3)25-17(23)12-24-19(15-7-8-16(20)22-11-15)13-5-4-6-14(19)10-21-9-13/h7-8,11,13-14,21H,4-6,9-10,12H2,1-3H3. The first kappa shape index (κ1) is 18.8. The van der Waals surface area contributed by atoms with Crippen molar-refractivity contribution in [1.29, 1.82) is 0 Å². The zero-order valence-corrected chi connectivity index (χ0v) is 16.8. The number of carbonyl (C=O) groups is 1. The number of hydrogen-bond donors (Lipinski definition) is 1. The number of halogens is 1. The summed E-state index contributed by atoms with van der Waals surface area (Å²) in [6.45, 7) is 7.40. The molecule has 1 aromatic rings. The first-order valence-electron chi connectivity index (χ1n) is 9.00. The van der Waals surface area contributed by atoms with E-state index in [1.807, 2.05) is 33.0 Å². The molecule has 1 saturated carbocycles. The summed E-state index contributed by atoms with van der Waals surface area (Å²) in [5.41, 5.74) is 0.0978. The highest BCUT2D eigenvalue weighted by Crippen LogP contribution is 2.50. The average Bonchev–Trinajstić information content (AvgIpc) is 2.51. The fraction of sp³-hybridized carbons (Fsp3) is 0.684. The maximum absolute atomic E-state index is 12.3. The highest BCUT2D eigenvalue weighted by Gasteiger charge is 2.52. The van der Waals surface area contributed by atoms with Crippen molar-refractivity contribution in [2.45, 2.75) is 51.2 Å². The van der Waals surface area contributed by atoms with Crippen LogP contribution in [0.5, 0.6) is 0 Å². The van der Waals surface area contributed by atoms with Crippen LogP contribution in [-0.2, 0) is 19.9 Å². The van der Waals surface area contributed by atoms with Crippen molar-refractivity contribution >= 4 is 21.9 Å². The molecule has 1 N–H and O–H groups in total. The Balaban J connectivity index is 1.87. The van der Waals surface area contributed by atoms with Crippen LogP contribution >= 0.6 is 15.9 Å². The van der Waals surface area contributed by atoms with Gasteiger partial charge in [-0.15, -0.1) is 0 Å². The normalized spacial score (nSPS) is 29.3. The van der Waals surface area contributed by atoms with Gasteiger partial charge in [0, 0.05) is 36.7 Å². The first-order chi connectivity index (χ1) is 11.8. The summed E-state index contributed by atoms with van der Waals surface area (Å²) in [5.74, 6) is 0.365. The number of pyridine rings is 1. The number of rotatable bonds is 4. The van der Waals surface area contributed by atoms with Crippen LogP contribution in [0.4, 0.5) is 0 Å². The van der Waals surface area contributed by atoms with Crippen molar-refractivity contribution in [2.24, 2.45) is 11.8 Å². The molecule has 1 aliphatic heterocycles. The van der Waals surface area contributed by atoms with Gasteiger partial charge in [-0.1, -0.05) is 12.5 Å². The number of nitrogens with one attached hydrogen (secondary N) is 1. The van der Waals surface area contributed by atoms with Crippen LogP contribution in [0.25, 0.3) is 0 Å². The van der Waals surface area contributed by atoms with Gasteiger partial charge in [0.25, 0.3) is 0 Å². The van der Waals surface area contributed by atoms with E-state index in [1.165, 1.54) is 6.42 Å². The molecule has 0 spiro atoms. The van der Waals surface area contributed by atoms with E-state index < -0.39 is 11.2 Å². The molecule has 1 aromatic heterocycles. The van der Waals surface area contributed by atoms with Crippen molar-refractivity contribution < 1.29 is 14.3 Å². The highest BCUT2D eigenvalue weighted by atomic mass is 79.9. The first-order valence-corrected chi connectivity index (χ1v) is 9.79. The van der Waals surface area contributed by atoms with Crippen LogP contribution in [0.1, 0.15) is 45.6 Å². The Bertz CT molecular complexity index is 590. The molecule has 2 bridgehead atoms. The van der Waals surface area contributed by atoms with Crippen molar-refractivity contribution in [3.63, 3.8) is 0 Å². The lowest BCUT2D eigenvalue weighted by atomic mass is 9.63. The minimum atomic E-state index is -0.503. The van der Waals surface area contributed by atoms with Crippen LogP contribution in [-0.4, -0.2) is 36.3 Å². The fourth-order valence-corrected chi connectivity index (χ4v) is 4.49. The molecule has 3 rings (SSSR count). The molecule has 2 atom stereocenters. The van der Waals surface area contributed by atoms with Gasteiger partial charge in [-0.2, -0.15) is 0 Å². The van der Waals surface area contributed by atoms with Gasteiger partial charge in [0.15, 0.2) is 0 Å². The van der Waals surface area contributed by atoms with Crippen LogP contribution in [0.2, 0.25) is 0 Å². The molecule has 2 heterocycles. The molecule has 2 fully saturated rings. The van der Waals surface area contributed by atoms with E-state index in [2.05, 4.69) is 32.3 Å². The molecule has 2 aliphatic rings. The van der Waals surface area contributed by atoms with Crippen LogP contribution < -0.4 is 5.32 Å². The third-order valence-corrected chi connectivity index (χ3v) is 5.60. The van der Waals surface area contributed by atoms with Gasteiger partial charge in [0.2, 0.25) is 0 Å². The summed E-state index contributed by atoms with van der Waals surface area (Å²) in [6.07, 6.45) is 5.27. The van der Waals surface area contributed by atoms with E-state index in [1.54, 1.807) is 0 Å². The Morgan fingerprint density at radius 2 is 2.00 bits per heavy atom. The molecule has 0 amide bonds. The summed E-state index contributed by atoms with van der Waals surface area (Å²) < 4.78 is 12.7. The smallest absolute Gasteiger partial charge is 0.332 e. The SMILES string of the molecule is CC(C)(C)OC(=O)COC1(c2ccc(Br)nc2)C2CCCC1CNC2. The highest BCUT2D eigenvalue weighted by molar-refractivity contribution is 9.10. The Morgan fingerprint density at radius 1 is 1.32 bits per heavy atom. The fourth-order valence-electron chi connectivity index (χ4n) is 4.26. The topological polar surface area (TPSA) is 60.5 Å². The molecule has 1 saturated heterocycles. The average molecular weight is 411 g/mol. The Labute approximate surface area is 158 Å². The predicted octanol–water partition coefficient (Wildman–Crippen LogP) is 3.42. The number of hydrogen-bond acceptors (Lipinski definition) is 5. The molecule has 0 aromatic carbocycles. The summed E-state index contributed by atoms with van der Waals surface area (Å²) >= 11 is 3.41. The van der Waals surface area contributed by atoms with Crippen molar-refractivity contribution in [3.05, 3.63) is 28.5 Å². The van der Waals surface area contributed by atoms with E-state index in [9.17, 15) is 4.79 Å². The number of esters is 1. The number of fused-ring (bicyclic) bond motifs is 2. The monoisotopic (exact) mass is 410 g/mol. The number of nitrogens with zero attached hydrogens (tertiary/aromatic N) is 1. The molecular formula is C19H27BrN2O3. The number of carbonyl (C=O) groups excluding carboxylic acids is 1. The third-order valence-electron chi connectivity index (χ3n) is 5.13. The van der Waals surface area contributed by atoms with Gasteiger partial charge < -0.3 is 14.8 Å². The maximum atomic E-state index is 12.3. The molecular weight excluding hydrogens is 384 g/mol. The van der Waals surface area contributed by atoms with Crippen molar-refractivity contribution in [3.8, 4) is 0 Å². The Kier molecular flexibility index (Phi) is 5.51. The number of ether oxygens (including phenoxy) is 2. The number of piperidine rings is 1. The quantitative estimate of drug-likeness (QED) is 0.608.